The highest BCUT2D eigenvalue weighted by Gasteiger charge is 2.17. The summed E-state index contributed by atoms with van der Waals surface area (Å²) >= 11 is 0. The van der Waals surface area contributed by atoms with Gasteiger partial charge in [0, 0.05) is 22.9 Å². The molecule has 0 amide bonds. The number of hydrogen-bond donors (Lipinski definition) is 3. The minimum atomic E-state index is -2.34. The summed E-state index contributed by atoms with van der Waals surface area (Å²) < 4.78 is 14.1. The van der Waals surface area contributed by atoms with E-state index in [0.29, 0.717) is 4.90 Å². The Kier molecular flexibility index (Phi) is 2.97. The summed E-state index contributed by atoms with van der Waals surface area (Å²) in [6.45, 7) is 4.03. The molecule has 5 nitrogen and oxygen atoms in total. The van der Waals surface area contributed by atoms with Gasteiger partial charge in [-0.1, -0.05) is 0 Å². The van der Waals surface area contributed by atoms with E-state index in [1.165, 1.54) is 0 Å². The lowest BCUT2D eigenvalue weighted by Gasteiger charge is -2.25. The molecule has 13 heavy (non-hydrogen) atoms. The van der Waals surface area contributed by atoms with E-state index < -0.39 is 10.7 Å². The maximum absolute atomic E-state index is 9.69. The molecule has 0 spiro atoms. The average molecular weight is 204 g/mol. The highest BCUT2D eigenvalue weighted by Crippen LogP contribution is 2.39. The fraction of sp³-hybridized carbons (Fsp3) is 0.571. The van der Waals surface area contributed by atoms with Crippen LogP contribution in [0.2, 0.25) is 0 Å². The summed E-state index contributed by atoms with van der Waals surface area (Å²) in [6, 6.07) is 0.279. The van der Waals surface area contributed by atoms with Crippen molar-refractivity contribution in [2.45, 2.75) is 24.8 Å². The minimum absolute atomic E-state index is 0.279. The molecule has 1 atom stereocenters. The van der Waals surface area contributed by atoms with Gasteiger partial charge >= 0.3 is 0 Å². The Morgan fingerprint density at radius 3 is 2.69 bits per heavy atom. The second-order valence-corrected chi connectivity index (χ2v) is 5.21. The molecule has 0 saturated heterocycles. The van der Waals surface area contributed by atoms with Gasteiger partial charge in [-0.3, -0.25) is 9.82 Å². The molecule has 1 aromatic rings. The first-order chi connectivity index (χ1) is 5.97. The quantitative estimate of drug-likeness (QED) is 0.689. The molecule has 0 aliphatic heterocycles. The fourth-order valence-corrected chi connectivity index (χ4v) is 1.59. The van der Waals surface area contributed by atoms with Crippen LogP contribution in [0.15, 0.2) is 17.3 Å². The van der Waals surface area contributed by atoms with Crippen LogP contribution in [0.4, 0.5) is 0 Å². The van der Waals surface area contributed by atoms with Crippen LogP contribution in [0.3, 0.4) is 0 Å². The maximum Gasteiger partial charge on any atom is 0.0778 e. The highest BCUT2D eigenvalue weighted by atomic mass is 32.3. The van der Waals surface area contributed by atoms with Gasteiger partial charge in [0.05, 0.1) is 11.1 Å². The Hall–Kier alpha value is -0.560. The van der Waals surface area contributed by atoms with Crippen molar-refractivity contribution in [3.05, 3.63) is 12.4 Å². The summed E-state index contributed by atoms with van der Waals surface area (Å²) in [5.74, 6) is 0. The van der Waals surface area contributed by atoms with E-state index in [4.69, 9.17) is 5.14 Å². The number of nitrogens with one attached hydrogen (secondary N) is 1. The van der Waals surface area contributed by atoms with Crippen LogP contribution in [-0.4, -0.2) is 21.4 Å². The molecule has 0 aliphatic rings. The molecule has 1 unspecified atom stereocenters. The molecule has 0 saturated carbocycles. The molecule has 0 aliphatic carbocycles. The summed E-state index contributed by atoms with van der Waals surface area (Å²) in [5, 5.41) is 9.71. The lowest BCUT2D eigenvalue weighted by Crippen LogP contribution is -2.23. The first kappa shape index (κ1) is 10.5. The Labute approximate surface area is 79.7 Å². The number of nitrogens with two attached hydrogens (primary N) is 1. The summed E-state index contributed by atoms with van der Waals surface area (Å²) in [5.41, 5.74) is 0. The predicted molar refractivity (Wildman–Crippen MR) is 54.3 cm³/mol. The second-order valence-electron chi connectivity index (χ2n) is 3.08. The van der Waals surface area contributed by atoms with Crippen LogP contribution < -0.4 is 9.86 Å². The smallest absolute Gasteiger partial charge is 0.0778 e. The van der Waals surface area contributed by atoms with Gasteiger partial charge in [0.15, 0.2) is 0 Å². The predicted octanol–water partition coefficient (Wildman–Crippen LogP) is 1.11. The van der Waals surface area contributed by atoms with Gasteiger partial charge < -0.3 is 4.55 Å². The molecule has 1 rings (SSSR count). The molecule has 0 bridgehead atoms. The SMILES string of the molecule is CNS(N)(O)c1cnn(C(C)C)c1. The van der Waals surface area contributed by atoms with Gasteiger partial charge in [-0.25, -0.2) is 4.72 Å². The molecule has 0 fully saturated rings. The normalized spacial score (nSPS) is 18.6. The van der Waals surface area contributed by atoms with Crippen LogP contribution >= 0.6 is 10.7 Å². The van der Waals surface area contributed by atoms with Gasteiger partial charge in [-0.2, -0.15) is 5.10 Å². The standard InChI is InChI=1S/C7H16N4OS/c1-6(2)11-5-7(4-10-11)13(8,12)9-3/h4-6,9,12H,8H2,1-3H3. The molecule has 4 N–H and O–H groups in total. The van der Waals surface area contributed by atoms with E-state index >= 15 is 0 Å². The van der Waals surface area contributed by atoms with Crippen molar-refractivity contribution >= 4 is 10.7 Å². The van der Waals surface area contributed by atoms with Crippen LogP contribution in [0.1, 0.15) is 19.9 Å². The van der Waals surface area contributed by atoms with Crippen LogP contribution in [0, 0.1) is 0 Å². The van der Waals surface area contributed by atoms with E-state index in [0.717, 1.165) is 0 Å². The summed E-state index contributed by atoms with van der Waals surface area (Å²) in [4.78, 5) is 0.642. The van der Waals surface area contributed by atoms with Crippen LogP contribution in [-0.2, 0) is 0 Å². The minimum Gasteiger partial charge on any atom is -0.322 e. The lowest BCUT2D eigenvalue weighted by atomic mass is 10.4. The van der Waals surface area contributed by atoms with E-state index in [1.54, 1.807) is 24.1 Å². The van der Waals surface area contributed by atoms with Gasteiger partial charge in [0.2, 0.25) is 0 Å². The van der Waals surface area contributed by atoms with E-state index in [1.807, 2.05) is 13.8 Å². The van der Waals surface area contributed by atoms with Gasteiger partial charge in [-0.15, -0.1) is 0 Å². The Balaban J connectivity index is 2.91. The lowest BCUT2D eigenvalue weighted by molar-refractivity contribution is 0.531. The van der Waals surface area contributed by atoms with Crippen molar-refractivity contribution in [3.63, 3.8) is 0 Å². The summed E-state index contributed by atoms with van der Waals surface area (Å²) in [6.07, 6.45) is 3.35. The molecular formula is C7H16N4OS. The Bertz CT molecular complexity index is 284. The molecule has 1 aromatic heterocycles. The first-order valence-corrected chi connectivity index (χ1v) is 5.69. The second kappa shape index (κ2) is 3.67. The molecule has 76 valence electrons. The monoisotopic (exact) mass is 204 g/mol. The number of rotatable bonds is 3. The van der Waals surface area contributed by atoms with E-state index in [9.17, 15) is 4.55 Å². The molecule has 0 radical (unpaired) electrons. The third kappa shape index (κ3) is 2.22. The zero-order chi connectivity index (χ0) is 10.1. The van der Waals surface area contributed by atoms with Crippen molar-refractivity contribution in [2.24, 2.45) is 5.14 Å². The Morgan fingerprint density at radius 2 is 2.31 bits per heavy atom. The number of nitrogens with zero attached hydrogens (tertiary/aromatic N) is 2. The maximum atomic E-state index is 9.69. The zero-order valence-electron chi connectivity index (χ0n) is 8.06. The molecule has 0 aromatic carbocycles. The van der Waals surface area contributed by atoms with Crippen molar-refractivity contribution in [2.75, 3.05) is 7.05 Å². The fourth-order valence-electron chi connectivity index (χ4n) is 0.882. The zero-order valence-corrected chi connectivity index (χ0v) is 8.88. The first-order valence-electron chi connectivity index (χ1n) is 4.03. The van der Waals surface area contributed by atoms with Crippen molar-refractivity contribution < 1.29 is 4.55 Å². The molecule has 1 heterocycles. The third-order valence-corrected chi connectivity index (χ3v) is 3.33. The third-order valence-electron chi connectivity index (χ3n) is 1.78. The van der Waals surface area contributed by atoms with Gasteiger partial charge in [0.25, 0.3) is 0 Å². The number of hydrogen-bond acceptors (Lipinski definition) is 4. The highest BCUT2D eigenvalue weighted by molar-refractivity contribution is 8.25. The van der Waals surface area contributed by atoms with Crippen molar-refractivity contribution in [3.8, 4) is 0 Å². The van der Waals surface area contributed by atoms with Crippen molar-refractivity contribution in [1.29, 1.82) is 0 Å². The Morgan fingerprint density at radius 1 is 1.69 bits per heavy atom. The average Bonchev–Trinajstić information content (AvgIpc) is 2.52. The number of aromatic nitrogens is 2. The van der Waals surface area contributed by atoms with Gasteiger partial charge in [0.1, 0.15) is 0 Å². The topological polar surface area (TPSA) is 76.1 Å². The van der Waals surface area contributed by atoms with Crippen molar-refractivity contribution in [1.82, 2.24) is 14.5 Å². The molecule has 6 heteroatoms. The summed E-state index contributed by atoms with van der Waals surface area (Å²) in [7, 11) is -0.717. The largest absolute Gasteiger partial charge is 0.322 e. The van der Waals surface area contributed by atoms with Gasteiger partial charge in [-0.05, 0) is 20.9 Å². The molecular weight excluding hydrogens is 188 g/mol. The van der Waals surface area contributed by atoms with Crippen LogP contribution in [0.5, 0.6) is 0 Å². The van der Waals surface area contributed by atoms with E-state index in [2.05, 4.69) is 9.82 Å². The van der Waals surface area contributed by atoms with E-state index in [-0.39, 0.29) is 6.04 Å². The van der Waals surface area contributed by atoms with Crippen LogP contribution in [0.25, 0.3) is 0 Å².